The SMILES string of the molecule is C=C(C(=O)OCC)n1ccnc1C. The Morgan fingerprint density at radius 2 is 2.46 bits per heavy atom. The number of ether oxygens (including phenoxy) is 1. The van der Waals surface area contributed by atoms with E-state index < -0.39 is 5.97 Å². The van der Waals surface area contributed by atoms with Gasteiger partial charge in [-0.25, -0.2) is 9.78 Å². The number of imidazole rings is 1. The van der Waals surface area contributed by atoms with E-state index >= 15 is 0 Å². The maximum Gasteiger partial charge on any atom is 0.354 e. The summed E-state index contributed by atoms with van der Waals surface area (Å²) in [5.74, 6) is 0.307. The largest absolute Gasteiger partial charge is 0.461 e. The van der Waals surface area contributed by atoms with E-state index in [0.717, 1.165) is 5.82 Å². The van der Waals surface area contributed by atoms with Gasteiger partial charge in [-0.2, -0.15) is 0 Å². The van der Waals surface area contributed by atoms with Crippen LogP contribution in [-0.4, -0.2) is 22.1 Å². The molecule has 4 heteroatoms. The fourth-order valence-electron chi connectivity index (χ4n) is 0.976. The van der Waals surface area contributed by atoms with Gasteiger partial charge in [0.2, 0.25) is 0 Å². The number of hydrogen-bond acceptors (Lipinski definition) is 3. The second-order valence-corrected chi connectivity index (χ2v) is 2.51. The number of esters is 1. The van der Waals surface area contributed by atoms with Crippen LogP contribution in [0.5, 0.6) is 0 Å². The van der Waals surface area contributed by atoms with E-state index in [4.69, 9.17) is 4.74 Å². The lowest BCUT2D eigenvalue weighted by Crippen LogP contribution is -2.11. The smallest absolute Gasteiger partial charge is 0.354 e. The lowest BCUT2D eigenvalue weighted by atomic mass is 10.4. The summed E-state index contributed by atoms with van der Waals surface area (Å²) in [6.45, 7) is 7.53. The summed E-state index contributed by atoms with van der Waals surface area (Å²) < 4.78 is 6.39. The Hall–Kier alpha value is -1.58. The topological polar surface area (TPSA) is 44.1 Å². The van der Waals surface area contributed by atoms with Gasteiger partial charge in [0.1, 0.15) is 11.5 Å². The molecule has 0 saturated heterocycles. The van der Waals surface area contributed by atoms with E-state index in [9.17, 15) is 4.79 Å². The van der Waals surface area contributed by atoms with Crippen LogP contribution < -0.4 is 0 Å². The molecule has 13 heavy (non-hydrogen) atoms. The third-order valence-electron chi connectivity index (χ3n) is 1.63. The molecule has 1 aromatic rings. The highest BCUT2D eigenvalue weighted by Crippen LogP contribution is 2.06. The van der Waals surface area contributed by atoms with Gasteiger partial charge in [0.25, 0.3) is 0 Å². The molecule has 0 N–H and O–H groups in total. The number of carbonyl (C=O) groups excluding carboxylic acids is 1. The summed E-state index contributed by atoms with van der Waals surface area (Å²) in [7, 11) is 0. The molecule has 70 valence electrons. The number of carbonyl (C=O) groups is 1. The van der Waals surface area contributed by atoms with Gasteiger partial charge < -0.3 is 4.74 Å². The van der Waals surface area contributed by atoms with Crippen molar-refractivity contribution in [3.63, 3.8) is 0 Å². The van der Waals surface area contributed by atoms with Crippen LogP contribution in [0.15, 0.2) is 19.0 Å². The molecule has 0 amide bonds. The van der Waals surface area contributed by atoms with Gasteiger partial charge in [-0.3, -0.25) is 4.57 Å². The maximum absolute atomic E-state index is 11.2. The highest BCUT2D eigenvalue weighted by atomic mass is 16.5. The normalized spacial score (nSPS) is 9.69. The predicted octanol–water partition coefficient (Wildman–Crippen LogP) is 1.23. The molecule has 0 aliphatic carbocycles. The first-order valence-electron chi connectivity index (χ1n) is 4.03. The molecule has 0 spiro atoms. The lowest BCUT2D eigenvalue weighted by molar-refractivity contribution is -0.136. The summed E-state index contributed by atoms with van der Waals surface area (Å²) in [6, 6.07) is 0. The van der Waals surface area contributed by atoms with Crippen molar-refractivity contribution >= 4 is 11.7 Å². The van der Waals surface area contributed by atoms with E-state index in [-0.39, 0.29) is 5.70 Å². The van der Waals surface area contributed by atoms with Crippen molar-refractivity contribution in [2.45, 2.75) is 13.8 Å². The highest BCUT2D eigenvalue weighted by Gasteiger charge is 2.10. The molecule has 0 aliphatic heterocycles. The summed E-state index contributed by atoms with van der Waals surface area (Å²) in [4.78, 5) is 15.2. The molecule has 4 nitrogen and oxygen atoms in total. The third kappa shape index (κ3) is 1.96. The molecule has 0 atom stereocenters. The number of nitrogens with zero attached hydrogens (tertiary/aromatic N) is 2. The van der Waals surface area contributed by atoms with Crippen LogP contribution >= 0.6 is 0 Å². The average molecular weight is 180 g/mol. The highest BCUT2D eigenvalue weighted by molar-refractivity contribution is 6.09. The van der Waals surface area contributed by atoms with Gasteiger partial charge in [0.05, 0.1) is 6.61 Å². The van der Waals surface area contributed by atoms with Gasteiger partial charge in [0, 0.05) is 12.4 Å². The monoisotopic (exact) mass is 180 g/mol. The molecular formula is C9H12N2O2. The van der Waals surface area contributed by atoms with Crippen LogP contribution in [0.2, 0.25) is 0 Å². The molecule has 0 aromatic carbocycles. The lowest BCUT2D eigenvalue weighted by Gasteiger charge is -2.06. The van der Waals surface area contributed by atoms with Crippen LogP contribution in [-0.2, 0) is 9.53 Å². The average Bonchev–Trinajstić information content (AvgIpc) is 2.50. The first kappa shape index (κ1) is 9.51. The molecule has 0 unspecified atom stereocenters. The van der Waals surface area contributed by atoms with Crippen molar-refractivity contribution in [2.24, 2.45) is 0 Å². The summed E-state index contributed by atoms with van der Waals surface area (Å²) >= 11 is 0. The van der Waals surface area contributed by atoms with Gasteiger partial charge in [0.15, 0.2) is 0 Å². The van der Waals surface area contributed by atoms with Crippen LogP contribution in [0.25, 0.3) is 5.70 Å². The molecule has 1 rings (SSSR count). The second-order valence-electron chi connectivity index (χ2n) is 2.51. The molecule has 0 saturated carbocycles. The van der Waals surface area contributed by atoms with E-state index in [0.29, 0.717) is 6.61 Å². The van der Waals surface area contributed by atoms with E-state index in [2.05, 4.69) is 11.6 Å². The van der Waals surface area contributed by atoms with Crippen molar-refractivity contribution in [2.75, 3.05) is 6.61 Å². The Morgan fingerprint density at radius 3 is 2.92 bits per heavy atom. The predicted molar refractivity (Wildman–Crippen MR) is 48.9 cm³/mol. The fourth-order valence-corrected chi connectivity index (χ4v) is 0.976. The Morgan fingerprint density at radius 1 is 1.77 bits per heavy atom. The Bertz CT molecular complexity index is 328. The third-order valence-corrected chi connectivity index (χ3v) is 1.63. The van der Waals surface area contributed by atoms with Crippen LogP contribution in [0.4, 0.5) is 0 Å². The van der Waals surface area contributed by atoms with E-state index in [1.54, 1.807) is 30.8 Å². The first-order valence-corrected chi connectivity index (χ1v) is 4.03. The molecular weight excluding hydrogens is 168 g/mol. The Kier molecular flexibility index (Phi) is 2.84. The zero-order chi connectivity index (χ0) is 9.84. The zero-order valence-electron chi connectivity index (χ0n) is 7.78. The van der Waals surface area contributed by atoms with Gasteiger partial charge >= 0.3 is 5.97 Å². The minimum atomic E-state index is -0.413. The Labute approximate surface area is 76.8 Å². The maximum atomic E-state index is 11.2. The van der Waals surface area contributed by atoms with Crippen molar-refractivity contribution in [1.29, 1.82) is 0 Å². The minimum absolute atomic E-state index is 0.289. The van der Waals surface area contributed by atoms with Crippen molar-refractivity contribution in [3.05, 3.63) is 24.8 Å². The number of aryl methyl sites for hydroxylation is 1. The standard InChI is InChI=1S/C9H12N2O2/c1-4-13-9(12)7(2)11-6-5-10-8(11)3/h5-6H,2,4H2,1,3H3. The van der Waals surface area contributed by atoms with Crippen LogP contribution in [0.3, 0.4) is 0 Å². The van der Waals surface area contributed by atoms with Gasteiger partial charge in [-0.15, -0.1) is 0 Å². The summed E-state index contributed by atoms with van der Waals surface area (Å²) in [5.41, 5.74) is 0.289. The van der Waals surface area contributed by atoms with Crippen LogP contribution in [0.1, 0.15) is 12.7 Å². The van der Waals surface area contributed by atoms with Crippen molar-refractivity contribution < 1.29 is 9.53 Å². The van der Waals surface area contributed by atoms with E-state index in [1.165, 1.54) is 0 Å². The van der Waals surface area contributed by atoms with Crippen molar-refractivity contribution in [3.8, 4) is 0 Å². The van der Waals surface area contributed by atoms with Crippen molar-refractivity contribution in [1.82, 2.24) is 9.55 Å². The molecule has 1 heterocycles. The first-order chi connectivity index (χ1) is 6.16. The molecule has 0 radical (unpaired) electrons. The summed E-state index contributed by atoms with van der Waals surface area (Å²) in [5, 5.41) is 0. The minimum Gasteiger partial charge on any atom is -0.461 e. The quantitative estimate of drug-likeness (QED) is 0.519. The molecule has 0 aliphatic rings. The second kappa shape index (κ2) is 3.89. The zero-order valence-corrected chi connectivity index (χ0v) is 7.78. The van der Waals surface area contributed by atoms with Gasteiger partial charge in [-0.05, 0) is 13.8 Å². The van der Waals surface area contributed by atoms with E-state index in [1.807, 2.05) is 0 Å². The molecule has 0 bridgehead atoms. The molecule has 0 fully saturated rings. The summed E-state index contributed by atoms with van der Waals surface area (Å²) in [6.07, 6.45) is 3.29. The number of rotatable bonds is 3. The fraction of sp³-hybridized carbons (Fsp3) is 0.333. The van der Waals surface area contributed by atoms with Gasteiger partial charge in [-0.1, -0.05) is 6.58 Å². The molecule has 1 aromatic heterocycles. The number of aromatic nitrogens is 2. The van der Waals surface area contributed by atoms with Crippen LogP contribution in [0, 0.1) is 6.92 Å². The number of hydrogen-bond donors (Lipinski definition) is 0. The Balaban J connectivity index is 2.80.